The van der Waals surface area contributed by atoms with Crippen molar-refractivity contribution in [3.63, 3.8) is 0 Å². The Hall–Kier alpha value is -1.13. The van der Waals surface area contributed by atoms with Crippen LogP contribution in [-0.2, 0) is 31.9 Å². The van der Waals surface area contributed by atoms with Gasteiger partial charge in [0.05, 0.1) is 0 Å². The molecule has 135 valence electrons. The maximum absolute atomic E-state index is 13.5. The quantitative estimate of drug-likeness (QED) is 0.579. The van der Waals surface area contributed by atoms with Gasteiger partial charge in [-0.3, -0.25) is 4.39 Å². The summed E-state index contributed by atoms with van der Waals surface area (Å²) in [5.41, 5.74) is 6.51. The van der Waals surface area contributed by atoms with Gasteiger partial charge in [-0.2, -0.15) is 0 Å². The van der Waals surface area contributed by atoms with Gasteiger partial charge in [0.25, 0.3) is 0 Å². The first kappa shape index (κ1) is 22.9. The first-order valence-electron chi connectivity index (χ1n) is 7.57. The van der Waals surface area contributed by atoms with E-state index in [0.29, 0.717) is 0 Å². The Balaban J connectivity index is 0.000000987. The summed E-state index contributed by atoms with van der Waals surface area (Å²) in [4.78, 5) is 4.58. The molecule has 1 heterocycles. The molecule has 3 nitrogen and oxygen atoms in total. The summed E-state index contributed by atoms with van der Waals surface area (Å²) in [5.74, 6) is -0.227. The number of aromatic nitrogens is 1. The van der Waals surface area contributed by atoms with Gasteiger partial charge in [0.1, 0.15) is 0 Å². The molecule has 0 spiro atoms. The number of aliphatic hydroxyl groups is 2. The van der Waals surface area contributed by atoms with Crippen molar-refractivity contribution in [2.45, 2.75) is 39.5 Å². The molecule has 3 rings (SSSR count). The van der Waals surface area contributed by atoms with E-state index in [1.807, 2.05) is 6.20 Å². The maximum atomic E-state index is 13.5. The molecule has 1 aromatic carbocycles. The Bertz CT molecular complexity index is 687. The van der Waals surface area contributed by atoms with Crippen LogP contribution in [0.3, 0.4) is 0 Å². The van der Waals surface area contributed by atoms with E-state index in [0.717, 1.165) is 37.5 Å². The largest absolute Gasteiger partial charge is 0.400 e. The van der Waals surface area contributed by atoms with Gasteiger partial charge in [0.15, 0.2) is 0 Å². The Labute approximate surface area is 157 Å². The molecule has 0 bridgehead atoms. The van der Waals surface area contributed by atoms with E-state index >= 15 is 0 Å². The van der Waals surface area contributed by atoms with E-state index in [9.17, 15) is 4.39 Å². The Morgan fingerprint density at radius 1 is 1.21 bits per heavy atom. The maximum Gasteiger partial charge on any atom is 0.0382 e. The van der Waals surface area contributed by atoms with Gasteiger partial charge in [-0.15, -0.1) is 29.3 Å². The van der Waals surface area contributed by atoms with Crippen molar-refractivity contribution in [2.24, 2.45) is 0 Å². The molecule has 0 fully saturated rings. The second-order valence-corrected chi connectivity index (χ2v) is 5.73. The summed E-state index contributed by atoms with van der Waals surface area (Å²) < 4.78 is 13.5. The van der Waals surface area contributed by atoms with Crippen molar-refractivity contribution in [1.29, 1.82) is 0 Å². The van der Waals surface area contributed by atoms with Crippen molar-refractivity contribution in [3.8, 4) is 11.3 Å². The average Bonchev–Trinajstić information content (AvgIpc) is 2.79. The van der Waals surface area contributed by atoms with Crippen molar-refractivity contribution >= 4 is 0 Å². The molecule has 24 heavy (non-hydrogen) atoms. The molecule has 1 aromatic heterocycles. The number of rotatable bonds is 1. The first-order valence-corrected chi connectivity index (χ1v) is 7.57. The third kappa shape index (κ3) is 3.75. The molecule has 0 unspecified atom stereocenters. The third-order valence-corrected chi connectivity index (χ3v) is 4.20. The van der Waals surface area contributed by atoms with E-state index in [1.165, 1.54) is 22.8 Å². The van der Waals surface area contributed by atoms with Crippen LogP contribution in [0.5, 0.6) is 0 Å². The van der Waals surface area contributed by atoms with E-state index in [4.69, 9.17) is 10.2 Å². The van der Waals surface area contributed by atoms with Crippen LogP contribution in [0.15, 0.2) is 18.3 Å². The smallest absolute Gasteiger partial charge is 0.0382 e. The number of pyridine rings is 1. The molecular formula is C19H25FIrNO2-. The Morgan fingerprint density at radius 2 is 1.79 bits per heavy atom. The minimum atomic E-state index is -0.227. The zero-order chi connectivity index (χ0) is 17.8. The minimum Gasteiger partial charge on any atom is -0.400 e. The SMILES string of the molecule is CCc1c(C)cnc2c1C(C)(C)c1cc(F)c[c-]c1-2.CO.CO.[Ir]. The van der Waals surface area contributed by atoms with Crippen LogP contribution in [0.25, 0.3) is 11.3 Å². The second-order valence-electron chi connectivity index (χ2n) is 5.73. The monoisotopic (exact) mass is 511 g/mol. The fourth-order valence-electron chi connectivity index (χ4n) is 3.26. The predicted molar refractivity (Wildman–Crippen MR) is 91.0 cm³/mol. The van der Waals surface area contributed by atoms with Crippen LogP contribution in [0.1, 0.15) is 43.0 Å². The number of hydrogen-bond donors (Lipinski definition) is 2. The van der Waals surface area contributed by atoms with E-state index < -0.39 is 0 Å². The zero-order valence-corrected chi connectivity index (χ0v) is 17.4. The third-order valence-electron chi connectivity index (χ3n) is 4.20. The molecule has 1 radical (unpaired) electrons. The van der Waals surface area contributed by atoms with Crippen LogP contribution in [0.4, 0.5) is 4.39 Å². The molecule has 0 aliphatic heterocycles. The van der Waals surface area contributed by atoms with Crippen LogP contribution < -0.4 is 0 Å². The summed E-state index contributed by atoms with van der Waals surface area (Å²) in [6.07, 6.45) is 2.89. The number of benzene rings is 1. The fraction of sp³-hybridized carbons (Fsp3) is 0.421. The zero-order valence-electron chi connectivity index (χ0n) is 15.0. The van der Waals surface area contributed by atoms with Gasteiger partial charge in [-0.1, -0.05) is 26.3 Å². The first-order chi connectivity index (χ1) is 11.0. The summed E-state index contributed by atoms with van der Waals surface area (Å²) in [6, 6.07) is 6.09. The molecule has 5 heteroatoms. The number of aryl methyl sites for hydroxylation is 1. The van der Waals surface area contributed by atoms with Gasteiger partial charge >= 0.3 is 0 Å². The number of halogens is 1. The molecule has 2 aromatic rings. The van der Waals surface area contributed by atoms with E-state index in [1.54, 1.807) is 6.07 Å². The van der Waals surface area contributed by atoms with Crippen molar-refractivity contribution in [1.82, 2.24) is 4.98 Å². The van der Waals surface area contributed by atoms with Gasteiger partial charge in [-0.05, 0) is 35.6 Å². The molecule has 1 aliphatic rings. The number of hydrogen-bond acceptors (Lipinski definition) is 3. The summed E-state index contributed by atoms with van der Waals surface area (Å²) in [5, 5.41) is 14.0. The molecule has 0 saturated heterocycles. The standard InChI is InChI=1S/C17H17FN.2CH4O.Ir/c1-5-12-10(2)9-19-16-13-7-6-11(18)8-14(13)17(3,4)15(12)16;2*1-2;/h6,8-9H,5H2,1-4H3;2*2H,1H3;/q-1;;;. The summed E-state index contributed by atoms with van der Waals surface area (Å²) in [6.45, 7) is 8.54. The summed E-state index contributed by atoms with van der Waals surface area (Å²) in [7, 11) is 2.00. The molecule has 0 saturated carbocycles. The van der Waals surface area contributed by atoms with Crippen LogP contribution in [0.2, 0.25) is 0 Å². The van der Waals surface area contributed by atoms with Crippen LogP contribution in [-0.4, -0.2) is 29.4 Å². The van der Waals surface area contributed by atoms with Crippen molar-refractivity contribution in [3.05, 3.63) is 52.5 Å². The van der Waals surface area contributed by atoms with Crippen molar-refractivity contribution < 1.29 is 34.7 Å². The topological polar surface area (TPSA) is 53.4 Å². The van der Waals surface area contributed by atoms with Crippen molar-refractivity contribution in [2.75, 3.05) is 14.2 Å². The molecule has 0 atom stereocenters. The molecular weight excluding hydrogens is 485 g/mol. The van der Waals surface area contributed by atoms with Gasteiger partial charge < -0.3 is 15.2 Å². The van der Waals surface area contributed by atoms with E-state index in [-0.39, 0.29) is 31.3 Å². The molecule has 2 N–H and O–H groups in total. The second kappa shape index (κ2) is 9.38. The Kier molecular flexibility index (Phi) is 8.94. The normalized spacial score (nSPS) is 12.5. The van der Waals surface area contributed by atoms with E-state index in [2.05, 4.69) is 38.7 Å². The summed E-state index contributed by atoms with van der Waals surface area (Å²) >= 11 is 0. The molecule has 0 amide bonds. The fourth-order valence-corrected chi connectivity index (χ4v) is 3.26. The number of aliphatic hydroxyl groups excluding tert-OH is 2. The number of fused-ring (bicyclic) bond motifs is 3. The van der Waals surface area contributed by atoms with Crippen LogP contribution >= 0.6 is 0 Å². The average molecular weight is 511 g/mol. The van der Waals surface area contributed by atoms with Crippen LogP contribution in [0, 0.1) is 18.8 Å². The Morgan fingerprint density at radius 3 is 2.33 bits per heavy atom. The van der Waals surface area contributed by atoms with Gasteiger partial charge in [0, 0.05) is 46.3 Å². The number of nitrogens with zero attached hydrogens (tertiary/aromatic N) is 1. The van der Waals surface area contributed by atoms with Gasteiger partial charge in [-0.25, -0.2) is 0 Å². The predicted octanol–water partition coefficient (Wildman–Crippen LogP) is 3.41. The van der Waals surface area contributed by atoms with Gasteiger partial charge in [0.2, 0.25) is 0 Å². The molecule has 1 aliphatic carbocycles. The minimum absolute atomic E-state index is 0.